The van der Waals surface area contributed by atoms with Crippen molar-refractivity contribution < 1.29 is 27.9 Å². The molecule has 182 valence electrons. The Labute approximate surface area is 202 Å². The molecule has 0 fully saturated rings. The van der Waals surface area contributed by atoms with Gasteiger partial charge in [0.05, 0.1) is 27.7 Å². The Kier molecular flexibility index (Phi) is 8.26. The van der Waals surface area contributed by atoms with Crippen LogP contribution in [0.2, 0.25) is 0 Å². The fraction of sp³-hybridized carbons (Fsp3) is 0.208. The number of nitrogens with zero attached hydrogens (tertiary/aromatic N) is 4. The van der Waals surface area contributed by atoms with Gasteiger partial charge in [-0.15, -0.1) is 0 Å². The molecule has 0 radical (unpaired) electrons. The van der Waals surface area contributed by atoms with Gasteiger partial charge in [-0.05, 0) is 61.5 Å². The van der Waals surface area contributed by atoms with Crippen molar-refractivity contribution in [3.8, 4) is 5.75 Å². The Balaban J connectivity index is 1.68. The van der Waals surface area contributed by atoms with Crippen molar-refractivity contribution >= 4 is 33.1 Å². The van der Waals surface area contributed by atoms with E-state index in [-0.39, 0.29) is 33.6 Å². The molecule has 0 atom stereocenters. The first-order valence-corrected chi connectivity index (χ1v) is 12.2. The second-order valence-electron chi connectivity index (χ2n) is 7.46. The highest BCUT2D eigenvalue weighted by Crippen LogP contribution is 2.26. The lowest BCUT2D eigenvalue weighted by molar-refractivity contribution is -0.133. The third-order valence-corrected chi connectivity index (χ3v) is 6.63. The Morgan fingerprint density at radius 2 is 1.71 bits per heavy atom. The van der Waals surface area contributed by atoms with Crippen LogP contribution in [0.1, 0.15) is 23.0 Å². The predicted octanol–water partition coefficient (Wildman–Crippen LogP) is 3.81. The van der Waals surface area contributed by atoms with Gasteiger partial charge in [-0.2, -0.15) is 10.2 Å². The van der Waals surface area contributed by atoms with Crippen LogP contribution in [0, 0.1) is 0 Å². The van der Waals surface area contributed by atoms with Crippen molar-refractivity contribution in [1.29, 1.82) is 0 Å². The standard InChI is InChI=1S/C24H24N4O6S/c1-3-28(2)23(30)15-34-24(31)21-14-18(9-12-22(21)29)27-26-17-7-10-20(11-8-17)35(32,33)16-19-6-4-5-13-25-19/h4-14,29H,3,15-16H2,1-2H3. The second-order valence-corrected chi connectivity index (χ2v) is 9.45. The number of phenols is 1. The van der Waals surface area contributed by atoms with Gasteiger partial charge in [-0.1, -0.05) is 6.07 Å². The molecule has 2 aromatic carbocycles. The zero-order valence-electron chi connectivity index (χ0n) is 19.2. The number of ether oxygens (including phenoxy) is 1. The number of pyridine rings is 1. The molecule has 0 unspecified atom stereocenters. The first-order valence-electron chi connectivity index (χ1n) is 10.6. The quantitative estimate of drug-likeness (QED) is 0.351. The molecule has 0 saturated heterocycles. The number of aromatic hydroxyl groups is 1. The van der Waals surface area contributed by atoms with Gasteiger partial charge < -0.3 is 14.7 Å². The summed E-state index contributed by atoms with van der Waals surface area (Å²) in [6, 6.07) is 14.9. The number of hydrogen-bond donors (Lipinski definition) is 1. The van der Waals surface area contributed by atoms with Crippen LogP contribution in [-0.2, 0) is 25.1 Å². The molecule has 0 aliphatic heterocycles. The highest BCUT2D eigenvalue weighted by Gasteiger charge is 2.17. The molecule has 0 saturated carbocycles. The largest absolute Gasteiger partial charge is 0.507 e. The number of rotatable bonds is 9. The number of phenolic OH excluding ortho intramolecular Hbond substituents is 1. The van der Waals surface area contributed by atoms with E-state index >= 15 is 0 Å². The minimum absolute atomic E-state index is 0.125. The van der Waals surface area contributed by atoms with Crippen molar-refractivity contribution in [3.63, 3.8) is 0 Å². The van der Waals surface area contributed by atoms with Gasteiger partial charge in [0.2, 0.25) is 0 Å². The summed E-state index contributed by atoms with van der Waals surface area (Å²) in [5.74, 6) is -1.80. The van der Waals surface area contributed by atoms with Crippen LogP contribution in [0.5, 0.6) is 5.75 Å². The van der Waals surface area contributed by atoms with Crippen LogP contribution in [-0.4, -0.2) is 55.5 Å². The molecule has 10 nitrogen and oxygen atoms in total. The number of sulfone groups is 1. The number of likely N-dealkylation sites (N-methyl/N-ethyl adjacent to an activating group) is 1. The van der Waals surface area contributed by atoms with Crippen LogP contribution >= 0.6 is 0 Å². The number of esters is 1. The topological polar surface area (TPSA) is 139 Å². The SMILES string of the molecule is CCN(C)C(=O)COC(=O)c1cc(N=Nc2ccc(S(=O)(=O)Cc3ccccn3)cc2)ccc1O. The lowest BCUT2D eigenvalue weighted by Crippen LogP contribution is -2.30. The van der Waals surface area contributed by atoms with Gasteiger partial charge in [0.1, 0.15) is 11.3 Å². The van der Waals surface area contributed by atoms with E-state index in [1.54, 1.807) is 32.2 Å². The molecule has 0 spiro atoms. The number of carbonyl (C=O) groups excluding carboxylic acids is 2. The van der Waals surface area contributed by atoms with Gasteiger partial charge >= 0.3 is 5.97 Å². The first-order chi connectivity index (χ1) is 16.7. The van der Waals surface area contributed by atoms with Crippen molar-refractivity contribution in [3.05, 3.63) is 78.1 Å². The van der Waals surface area contributed by atoms with Crippen LogP contribution in [0.4, 0.5) is 11.4 Å². The van der Waals surface area contributed by atoms with Crippen molar-refractivity contribution in [2.45, 2.75) is 17.6 Å². The Bertz CT molecular complexity index is 1330. The molecule has 1 amide bonds. The summed E-state index contributed by atoms with van der Waals surface area (Å²) in [4.78, 5) is 29.7. The van der Waals surface area contributed by atoms with Gasteiger partial charge in [0.25, 0.3) is 5.91 Å². The van der Waals surface area contributed by atoms with Crippen LogP contribution < -0.4 is 0 Å². The molecule has 1 aromatic heterocycles. The molecular formula is C24H24N4O6S. The Hall–Kier alpha value is -4.12. The van der Waals surface area contributed by atoms with E-state index in [2.05, 4.69) is 15.2 Å². The summed E-state index contributed by atoms with van der Waals surface area (Å²) in [6.45, 7) is 1.80. The highest BCUT2D eigenvalue weighted by atomic mass is 32.2. The average molecular weight is 497 g/mol. The molecular weight excluding hydrogens is 472 g/mol. The normalized spacial score (nSPS) is 11.4. The van der Waals surface area contributed by atoms with Crippen LogP contribution in [0.15, 0.2) is 82.0 Å². The molecule has 0 aliphatic carbocycles. The molecule has 0 aliphatic rings. The van der Waals surface area contributed by atoms with Crippen molar-refractivity contribution in [2.24, 2.45) is 10.2 Å². The number of carbonyl (C=O) groups is 2. The number of amides is 1. The number of benzene rings is 2. The van der Waals surface area contributed by atoms with E-state index in [1.165, 1.54) is 53.6 Å². The predicted molar refractivity (Wildman–Crippen MR) is 127 cm³/mol. The third-order valence-electron chi connectivity index (χ3n) is 4.97. The Morgan fingerprint density at radius 3 is 2.37 bits per heavy atom. The number of azo groups is 1. The molecule has 0 bridgehead atoms. The van der Waals surface area contributed by atoms with Crippen LogP contribution in [0.3, 0.4) is 0 Å². The van der Waals surface area contributed by atoms with E-state index < -0.39 is 22.4 Å². The van der Waals surface area contributed by atoms with Gasteiger partial charge in [-0.3, -0.25) is 9.78 Å². The summed E-state index contributed by atoms with van der Waals surface area (Å²) >= 11 is 0. The molecule has 1 heterocycles. The number of hydrogen-bond acceptors (Lipinski definition) is 9. The van der Waals surface area contributed by atoms with Gasteiger partial charge in [0.15, 0.2) is 16.4 Å². The zero-order valence-corrected chi connectivity index (χ0v) is 20.0. The summed E-state index contributed by atoms with van der Waals surface area (Å²) in [6.07, 6.45) is 1.54. The summed E-state index contributed by atoms with van der Waals surface area (Å²) < 4.78 is 30.2. The maximum Gasteiger partial charge on any atom is 0.342 e. The van der Waals surface area contributed by atoms with Crippen LogP contribution in [0.25, 0.3) is 0 Å². The lowest BCUT2D eigenvalue weighted by atomic mass is 10.2. The number of aromatic nitrogens is 1. The summed E-state index contributed by atoms with van der Waals surface area (Å²) in [5.41, 5.74) is 0.912. The lowest BCUT2D eigenvalue weighted by Gasteiger charge is -2.14. The van der Waals surface area contributed by atoms with E-state index in [0.29, 0.717) is 17.9 Å². The summed E-state index contributed by atoms with van der Waals surface area (Å²) in [7, 11) is -2.00. The van der Waals surface area contributed by atoms with Crippen molar-refractivity contribution in [1.82, 2.24) is 9.88 Å². The van der Waals surface area contributed by atoms with E-state index in [4.69, 9.17) is 4.74 Å². The first kappa shape index (κ1) is 25.5. The zero-order chi connectivity index (χ0) is 25.4. The van der Waals surface area contributed by atoms with E-state index in [0.717, 1.165) is 0 Å². The monoisotopic (exact) mass is 496 g/mol. The molecule has 11 heteroatoms. The maximum atomic E-state index is 12.6. The van der Waals surface area contributed by atoms with Gasteiger partial charge in [0, 0.05) is 19.8 Å². The minimum Gasteiger partial charge on any atom is -0.507 e. The molecule has 3 rings (SSSR count). The summed E-state index contributed by atoms with van der Waals surface area (Å²) in [5, 5.41) is 18.1. The second kappa shape index (κ2) is 11.3. The van der Waals surface area contributed by atoms with Crippen molar-refractivity contribution in [2.75, 3.05) is 20.2 Å². The average Bonchev–Trinajstić information content (AvgIpc) is 2.86. The minimum atomic E-state index is -3.58. The molecule has 3 aromatic rings. The highest BCUT2D eigenvalue weighted by molar-refractivity contribution is 7.90. The smallest absolute Gasteiger partial charge is 0.342 e. The van der Waals surface area contributed by atoms with Gasteiger partial charge in [-0.25, -0.2) is 13.2 Å². The maximum absolute atomic E-state index is 12.6. The van der Waals surface area contributed by atoms with E-state index in [9.17, 15) is 23.1 Å². The fourth-order valence-electron chi connectivity index (χ4n) is 2.84. The third kappa shape index (κ3) is 6.93. The molecule has 1 N–H and O–H groups in total. The Morgan fingerprint density at radius 1 is 1.03 bits per heavy atom. The molecule has 35 heavy (non-hydrogen) atoms. The van der Waals surface area contributed by atoms with E-state index in [1.807, 2.05) is 0 Å². The fourth-order valence-corrected chi connectivity index (χ4v) is 4.12.